The number of pyridine rings is 1. The zero-order chi connectivity index (χ0) is 15.0. The number of nitrogens with two attached hydrogens (primary N) is 1. The maximum absolute atomic E-state index is 6.23. The molecule has 1 aromatic carbocycles. The molecule has 0 saturated carbocycles. The molecule has 2 aromatic heterocycles. The zero-order valence-electron chi connectivity index (χ0n) is 11.8. The molecular formula is C16H15ClN4. The SMILES string of the molecule is Cc1ccc(-c2nn(C)c(N)c2-c2ccccn2)cc1Cl. The van der Waals surface area contributed by atoms with E-state index in [0.29, 0.717) is 10.8 Å². The van der Waals surface area contributed by atoms with Crippen LogP contribution in [0.4, 0.5) is 5.82 Å². The Labute approximate surface area is 128 Å². The summed E-state index contributed by atoms with van der Waals surface area (Å²) >= 11 is 6.23. The fraction of sp³-hybridized carbons (Fsp3) is 0.125. The van der Waals surface area contributed by atoms with Crippen LogP contribution in [-0.4, -0.2) is 14.8 Å². The summed E-state index contributed by atoms with van der Waals surface area (Å²) in [6, 6.07) is 11.6. The molecular weight excluding hydrogens is 284 g/mol. The van der Waals surface area contributed by atoms with Crippen molar-refractivity contribution < 1.29 is 0 Å². The smallest absolute Gasteiger partial charge is 0.131 e. The first-order valence-corrected chi connectivity index (χ1v) is 6.96. The van der Waals surface area contributed by atoms with E-state index in [1.54, 1.807) is 10.9 Å². The molecule has 0 aliphatic carbocycles. The summed E-state index contributed by atoms with van der Waals surface area (Å²) in [4.78, 5) is 4.38. The standard InChI is InChI=1S/C16H15ClN4/c1-10-6-7-11(9-12(10)17)15-14(16(18)21(2)20-15)13-5-3-4-8-19-13/h3-9H,18H2,1-2H3. The number of hydrogen-bond acceptors (Lipinski definition) is 3. The van der Waals surface area contributed by atoms with Crippen molar-refractivity contribution in [3.8, 4) is 22.5 Å². The van der Waals surface area contributed by atoms with E-state index in [4.69, 9.17) is 17.3 Å². The minimum Gasteiger partial charge on any atom is -0.383 e. The summed E-state index contributed by atoms with van der Waals surface area (Å²) in [6.45, 7) is 1.97. The lowest BCUT2D eigenvalue weighted by Crippen LogP contribution is -1.98. The lowest BCUT2D eigenvalue weighted by Gasteiger charge is -2.05. The van der Waals surface area contributed by atoms with E-state index < -0.39 is 0 Å². The highest BCUT2D eigenvalue weighted by Crippen LogP contribution is 2.35. The molecule has 0 atom stereocenters. The Kier molecular flexibility index (Phi) is 3.39. The highest BCUT2D eigenvalue weighted by atomic mass is 35.5. The van der Waals surface area contributed by atoms with E-state index in [0.717, 1.165) is 28.1 Å². The predicted molar refractivity (Wildman–Crippen MR) is 86.0 cm³/mol. The van der Waals surface area contributed by atoms with Crippen LogP contribution in [0.25, 0.3) is 22.5 Å². The number of rotatable bonds is 2. The van der Waals surface area contributed by atoms with Crippen molar-refractivity contribution in [3.05, 3.63) is 53.2 Å². The molecule has 106 valence electrons. The molecule has 0 aliphatic heterocycles. The number of aryl methyl sites for hydroxylation is 2. The van der Waals surface area contributed by atoms with Gasteiger partial charge in [-0.2, -0.15) is 5.10 Å². The summed E-state index contributed by atoms with van der Waals surface area (Å²) < 4.78 is 1.66. The highest BCUT2D eigenvalue weighted by molar-refractivity contribution is 6.31. The van der Waals surface area contributed by atoms with Gasteiger partial charge in [0.25, 0.3) is 0 Å². The van der Waals surface area contributed by atoms with E-state index in [9.17, 15) is 0 Å². The van der Waals surface area contributed by atoms with Gasteiger partial charge in [0.2, 0.25) is 0 Å². The molecule has 3 aromatic rings. The third-order valence-electron chi connectivity index (χ3n) is 3.46. The summed E-state index contributed by atoms with van der Waals surface area (Å²) in [5.41, 5.74) is 10.5. The van der Waals surface area contributed by atoms with Gasteiger partial charge in [-0.1, -0.05) is 29.8 Å². The number of aromatic nitrogens is 3. The van der Waals surface area contributed by atoms with E-state index >= 15 is 0 Å². The number of nitrogen functional groups attached to an aromatic ring is 1. The monoisotopic (exact) mass is 298 g/mol. The molecule has 21 heavy (non-hydrogen) atoms. The van der Waals surface area contributed by atoms with E-state index in [2.05, 4.69) is 10.1 Å². The Morgan fingerprint density at radius 2 is 2.00 bits per heavy atom. The first-order valence-electron chi connectivity index (χ1n) is 6.58. The molecule has 0 unspecified atom stereocenters. The molecule has 0 spiro atoms. The van der Waals surface area contributed by atoms with Crippen LogP contribution in [0.3, 0.4) is 0 Å². The van der Waals surface area contributed by atoms with Crippen molar-refractivity contribution in [2.75, 3.05) is 5.73 Å². The highest BCUT2D eigenvalue weighted by Gasteiger charge is 2.18. The topological polar surface area (TPSA) is 56.7 Å². The van der Waals surface area contributed by atoms with Crippen LogP contribution in [0.1, 0.15) is 5.56 Å². The molecule has 5 heteroatoms. The van der Waals surface area contributed by atoms with Gasteiger partial charge in [0.1, 0.15) is 11.5 Å². The van der Waals surface area contributed by atoms with Gasteiger partial charge in [-0.25, -0.2) is 0 Å². The van der Waals surface area contributed by atoms with Gasteiger partial charge in [-0.05, 0) is 30.7 Å². The van der Waals surface area contributed by atoms with Crippen molar-refractivity contribution in [1.29, 1.82) is 0 Å². The lowest BCUT2D eigenvalue weighted by atomic mass is 10.0. The maximum Gasteiger partial charge on any atom is 0.131 e. The number of benzene rings is 1. The molecule has 0 bridgehead atoms. The number of anilines is 1. The van der Waals surface area contributed by atoms with Crippen LogP contribution in [-0.2, 0) is 7.05 Å². The third kappa shape index (κ3) is 2.38. The molecule has 4 nitrogen and oxygen atoms in total. The molecule has 3 rings (SSSR count). The van der Waals surface area contributed by atoms with Crippen molar-refractivity contribution >= 4 is 17.4 Å². The molecule has 0 amide bonds. The maximum atomic E-state index is 6.23. The third-order valence-corrected chi connectivity index (χ3v) is 3.87. The number of hydrogen-bond donors (Lipinski definition) is 1. The first-order chi connectivity index (χ1) is 10.1. The second kappa shape index (κ2) is 5.22. The van der Waals surface area contributed by atoms with Crippen LogP contribution in [0.5, 0.6) is 0 Å². The fourth-order valence-corrected chi connectivity index (χ4v) is 2.42. The molecule has 0 fully saturated rings. The normalized spacial score (nSPS) is 10.8. The minimum absolute atomic E-state index is 0.584. The van der Waals surface area contributed by atoms with E-state index in [1.807, 2.05) is 50.4 Å². The van der Waals surface area contributed by atoms with Crippen LogP contribution >= 0.6 is 11.6 Å². The zero-order valence-corrected chi connectivity index (χ0v) is 12.6. The van der Waals surface area contributed by atoms with Gasteiger partial charge in [0, 0.05) is 23.8 Å². The average molecular weight is 299 g/mol. The summed E-state index contributed by atoms with van der Waals surface area (Å²) in [5.74, 6) is 0.584. The molecule has 0 radical (unpaired) electrons. The quantitative estimate of drug-likeness (QED) is 0.785. The van der Waals surface area contributed by atoms with E-state index in [1.165, 1.54) is 0 Å². The van der Waals surface area contributed by atoms with E-state index in [-0.39, 0.29) is 0 Å². The second-order valence-corrected chi connectivity index (χ2v) is 5.32. The predicted octanol–water partition coefficient (Wildman–Crippen LogP) is 3.69. The number of halogens is 1. The van der Waals surface area contributed by atoms with Crippen molar-refractivity contribution in [2.24, 2.45) is 7.05 Å². The first kappa shape index (κ1) is 13.6. The van der Waals surface area contributed by atoms with Gasteiger partial charge in [-0.15, -0.1) is 0 Å². The Morgan fingerprint density at radius 3 is 2.67 bits per heavy atom. The lowest BCUT2D eigenvalue weighted by molar-refractivity contribution is 0.782. The number of nitrogens with zero attached hydrogens (tertiary/aromatic N) is 3. The van der Waals surface area contributed by atoms with Gasteiger partial charge in [-0.3, -0.25) is 9.67 Å². The van der Waals surface area contributed by atoms with Gasteiger partial charge in [0.15, 0.2) is 0 Å². The summed E-state index contributed by atoms with van der Waals surface area (Å²) in [6.07, 6.45) is 1.74. The molecule has 2 heterocycles. The largest absolute Gasteiger partial charge is 0.383 e. The van der Waals surface area contributed by atoms with Crippen LogP contribution in [0.2, 0.25) is 5.02 Å². The molecule has 2 N–H and O–H groups in total. The van der Waals surface area contributed by atoms with Crippen molar-refractivity contribution in [3.63, 3.8) is 0 Å². The van der Waals surface area contributed by atoms with Gasteiger partial charge >= 0.3 is 0 Å². The minimum atomic E-state index is 0.584. The second-order valence-electron chi connectivity index (χ2n) is 4.91. The summed E-state index contributed by atoms with van der Waals surface area (Å²) in [5, 5.41) is 5.23. The van der Waals surface area contributed by atoms with Crippen LogP contribution < -0.4 is 5.73 Å². The average Bonchev–Trinajstić information content (AvgIpc) is 2.79. The van der Waals surface area contributed by atoms with Crippen molar-refractivity contribution in [1.82, 2.24) is 14.8 Å². The fourth-order valence-electron chi connectivity index (χ4n) is 2.24. The summed E-state index contributed by atoms with van der Waals surface area (Å²) in [7, 11) is 1.82. The Bertz CT molecular complexity index is 794. The molecule has 0 saturated heterocycles. The molecule has 0 aliphatic rings. The van der Waals surface area contributed by atoms with Gasteiger partial charge < -0.3 is 5.73 Å². The Morgan fingerprint density at radius 1 is 1.19 bits per heavy atom. The van der Waals surface area contributed by atoms with Gasteiger partial charge in [0.05, 0.1) is 11.3 Å². The Balaban J connectivity index is 2.24. The van der Waals surface area contributed by atoms with Crippen molar-refractivity contribution in [2.45, 2.75) is 6.92 Å². The van der Waals surface area contributed by atoms with Crippen LogP contribution in [0.15, 0.2) is 42.6 Å². The Hall–Kier alpha value is -2.33. The van der Waals surface area contributed by atoms with Crippen LogP contribution in [0, 0.1) is 6.92 Å².